The molecule has 1 aromatic rings. The second kappa shape index (κ2) is 6.33. The van der Waals surface area contributed by atoms with Crippen LogP contribution in [0.5, 0.6) is 0 Å². The number of likely N-dealkylation sites (N-methyl/N-ethyl adjacent to an activating group) is 1. The second-order valence-corrected chi connectivity index (χ2v) is 4.66. The maximum atomic E-state index is 11.9. The molecule has 102 valence electrons. The third-order valence-electron chi connectivity index (χ3n) is 2.86. The molecule has 5 heteroatoms. The Hall–Kier alpha value is -1.88. The molecule has 0 aliphatic heterocycles. The highest BCUT2D eigenvalue weighted by atomic mass is 16.2. The maximum Gasteiger partial charge on any atom is 0.251 e. The number of carbonyl (C=O) groups excluding carboxylic acids is 2. The summed E-state index contributed by atoms with van der Waals surface area (Å²) in [6.45, 7) is 2.96. The van der Waals surface area contributed by atoms with Crippen molar-refractivity contribution in [2.75, 3.05) is 18.4 Å². The summed E-state index contributed by atoms with van der Waals surface area (Å²) in [5.41, 5.74) is 1.22. The van der Waals surface area contributed by atoms with E-state index < -0.39 is 0 Å². The SMILES string of the molecule is CCNCC(=O)Nc1cccc(C(=O)NC2CC2)c1. The summed E-state index contributed by atoms with van der Waals surface area (Å²) in [6.07, 6.45) is 2.12. The fourth-order valence-corrected chi connectivity index (χ4v) is 1.68. The van der Waals surface area contributed by atoms with Gasteiger partial charge in [-0.2, -0.15) is 0 Å². The second-order valence-electron chi connectivity index (χ2n) is 4.66. The van der Waals surface area contributed by atoms with E-state index in [0.29, 0.717) is 17.3 Å². The molecular weight excluding hydrogens is 242 g/mol. The average molecular weight is 261 g/mol. The van der Waals surface area contributed by atoms with Gasteiger partial charge >= 0.3 is 0 Å². The molecular formula is C14H19N3O2. The molecule has 1 aliphatic carbocycles. The van der Waals surface area contributed by atoms with Gasteiger partial charge in [-0.1, -0.05) is 13.0 Å². The Morgan fingerprint density at radius 3 is 2.79 bits per heavy atom. The number of nitrogens with one attached hydrogen (secondary N) is 3. The first kappa shape index (κ1) is 13.5. The first-order chi connectivity index (χ1) is 9.19. The van der Waals surface area contributed by atoms with Crippen molar-refractivity contribution < 1.29 is 9.59 Å². The van der Waals surface area contributed by atoms with Gasteiger partial charge in [-0.25, -0.2) is 0 Å². The summed E-state index contributed by atoms with van der Waals surface area (Å²) in [7, 11) is 0. The van der Waals surface area contributed by atoms with Crippen LogP contribution < -0.4 is 16.0 Å². The lowest BCUT2D eigenvalue weighted by molar-refractivity contribution is -0.115. The third kappa shape index (κ3) is 4.37. The monoisotopic (exact) mass is 261 g/mol. The molecule has 1 fully saturated rings. The van der Waals surface area contributed by atoms with Gasteiger partial charge < -0.3 is 16.0 Å². The van der Waals surface area contributed by atoms with Gasteiger partial charge in [0.1, 0.15) is 0 Å². The van der Waals surface area contributed by atoms with E-state index in [1.54, 1.807) is 24.3 Å². The number of carbonyl (C=O) groups is 2. The Morgan fingerprint density at radius 1 is 1.32 bits per heavy atom. The molecule has 2 amide bonds. The molecule has 2 rings (SSSR count). The first-order valence-corrected chi connectivity index (χ1v) is 6.60. The smallest absolute Gasteiger partial charge is 0.251 e. The van der Waals surface area contributed by atoms with Crippen LogP contribution in [0.1, 0.15) is 30.1 Å². The fourth-order valence-electron chi connectivity index (χ4n) is 1.68. The van der Waals surface area contributed by atoms with E-state index >= 15 is 0 Å². The molecule has 0 atom stereocenters. The summed E-state index contributed by atoms with van der Waals surface area (Å²) in [5, 5.41) is 8.63. The highest BCUT2D eigenvalue weighted by Gasteiger charge is 2.23. The highest BCUT2D eigenvalue weighted by molar-refractivity contribution is 5.97. The summed E-state index contributed by atoms with van der Waals surface area (Å²) in [4.78, 5) is 23.4. The summed E-state index contributed by atoms with van der Waals surface area (Å²) < 4.78 is 0. The van der Waals surface area contributed by atoms with Crippen molar-refractivity contribution in [3.8, 4) is 0 Å². The van der Waals surface area contributed by atoms with Gasteiger partial charge in [0, 0.05) is 17.3 Å². The lowest BCUT2D eigenvalue weighted by Gasteiger charge is -2.08. The maximum absolute atomic E-state index is 11.9. The zero-order chi connectivity index (χ0) is 13.7. The Balaban J connectivity index is 1.93. The Kier molecular flexibility index (Phi) is 4.52. The van der Waals surface area contributed by atoms with Crippen LogP contribution in [0, 0.1) is 0 Å². The number of anilines is 1. The molecule has 0 radical (unpaired) electrons. The van der Waals surface area contributed by atoms with Crippen molar-refractivity contribution >= 4 is 17.5 Å². The molecule has 1 aromatic carbocycles. The van der Waals surface area contributed by atoms with Crippen molar-refractivity contribution in [2.45, 2.75) is 25.8 Å². The standard InChI is InChI=1S/C14H19N3O2/c1-2-15-9-13(18)16-12-5-3-4-10(8-12)14(19)17-11-6-7-11/h3-5,8,11,15H,2,6-7,9H2,1H3,(H,16,18)(H,17,19). The highest BCUT2D eigenvalue weighted by Crippen LogP contribution is 2.20. The van der Waals surface area contributed by atoms with Crippen LogP contribution in [-0.4, -0.2) is 30.9 Å². The van der Waals surface area contributed by atoms with Gasteiger partial charge in [0.15, 0.2) is 0 Å². The predicted octanol–water partition coefficient (Wildman–Crippen LogP) is 1.13. The van der Waals surface area contributed by atoms with Gasteiger partial charge in [-0.05, 0) is 37.6 Å². The van der Waals surface area contributed by atoms with Crippen molar-refractivity contribution in [1.82, 2.24) is 10.6 Å². The largest absolute Gasteiger partial charge is 0.349 e. The fraction of sp³-hybridized carbons (Fsp3) is 0.429. The van der Waals surface area contributed by atoms with E-state index in [2.05, 4.69) is 16.0 Å². The molecule has 0 aromatic heterocycles. The summed E-state index contributed by atoms with van der Waals surface area (Å²) in [5.74, 6) is -0.188. The Labute approximate surface area is 112 Å². The zero-order valence-electron chi connectivity index (χ0n) is 11.0. The minimum atomic E-state index is -0.110. The number of hydrogen-bond acceptors (Lipinski definition) is 3. The zero-order valence-corrected chi connectivity index (χ0v) is 11.0. The van der Waals surface area contributed by atoms with E-state index in [4.69, 9.17) is 0 Å². The van der Waals surface area contributed by atoms with Crippen molar-refractivity contribution in [2.24, 2.45) is 0 Å². The minimum Gasteiger partial charge on any atom is -0.349 e. The van der Waals surface area contributed by atoms with Crippen LogP contribution in [0.4, 0.5) is 5.69 Å². The molecule has 19 heavy (non-hydrogen) atoms. The lowest BCUT2D eigenvalue weighted by Crippen LogP contribution is -2.28. The van der Waals surface area contributed by atoms with Crippen LogP contribution in [0.15, 0.2) is 24.3 Å². The van der Waals surface area contributed by atoms with Crippen LogP contribution in [0.2, 0.25) is 0 Å². The molecule has 0 spiro atoms. The van der Waals surface area contributed by atoms with Crippen LogP contribution in [0.3, 0.4) is 0 Å². The molecule has 0 heterocycles. The number of benzene rings is 1. The van der Waals surface area contributed by atoms with Crippen molar-refractivity contribution in [1.29, 1.82) is 0 Å². The molecule has 1 aliphatic rings. The molecule has 0 saturated heterocycles. The van der Waals surface area contributed by atoms with E-state index in [9.17, 15) is 9.59 Å². The lowest BCUT2D eigenvalue weighted by atomic mass is 10.2. The first-order valence-electron chi connectivity index (χ1n) is 6.60. The molecule has 0 unspecified atom stereocenters. The van der Waals surface area contributed by atoms with Gasteiger partial charge in [-0.15, -0.1) is 0 Å². The quantitative estimate of drug-likeness (QED) is 0.719. The molecule has 1 saturated carbocycles. The number of amides is 2. The Bertz CT molecular complexity index is 470. The van der Waals surface area contributed by atoms with Gasteiger partial charge in [0.05, 0.1) is 6.54 Å². The summed E-state index contributed by atoms with van der Waals surface area (Å²) >= 11 is 0. The third-order valence-corrected chi connectivity index (χ3v) is 2.86. The van der Waals surface area contributed by atoms with E-state index in [1.165, 1.54) is 0 Å². The van der Waals surface area contributed by atoms with Gasteiger partial charge in [-0.3, -0.25) is 9.59 Å². The molecule has 0 bridgehead atoms. The van der Waals surface area contributed by atoms with Crippen molar-refractivity contribution in [3.05, 3.63) is 29.8 Å². The van der Waals surface area contributed by atoms with E-state index in [0.717, 1.165) is 19.4 Å². The molecule has 5 nitrogen and oxygen atoms in total. The predicted molar refractivity (Wildman–Crippen MR) is 74.1 cm³/mol. The van der Waals surface area contributed by atoms with Crippen LogP contribution >= 0.6 is 0 Å². The topological polar surface area (TPSA) is 70.2 Å². The number of hydrogen-bond donors (Lipinski definition) is 3. The summed E-state index contributed by atoms with van der Waals surface area (Å²) in [6, 6.07) is 7.32. The molecule has 3 N–H and O–H groups in total. The minimum absolute atomic E-state index is 0.0784. The van der Waals surface area contributed by atoms with Crippen LogP contribution in [-0.2, 0) is 4.79 Å². The van der Waals surface area contributed by atoms with Crippen molar-refractivity contribution in [3.63, 3.8) is 0 Å². The van der Waals surface area contributed by atoms with E-state index in [-0.39, 0.29) is 18.4 Å². The van der Waals surface area contributed by atoms with Gasteiger partial charge in [0.25, 0.3) is 5.91 Å². The number of rotatable bonds is 6. The Morgan fingerprint density at radius 2 is 2.11 bits per heavy atom. The normalized spacial score (nSPS) is 13.9. The van der Waals surface area contributed by atoms with Crippen LogP contribution in [0.25, 0.3) is 0 Å². The average Bonchev–Trinajstić information content (AvgIpc) is 3.20. The van der Waals surface area contributed by atoms with E-state index in [1.807, 2.05) is 6.92 Å². The van der Waals surface area contributed by atoms with Gasteiger partial charge in [0.2, 0.25) is 5.91 Å².